The molecule has 1 amide bonds. The third kappa shape index (κ3) is 5.78. The zero-order valence-electron chi connectivity index (χ0n) is 18.2. The third-order valence-corrected chi connectivity index (χ3v) is 4.72. The molecule has 7 heteroatoms. The number of rotatable bonds is 9. The number of ether oxygens (including phenoxy) is 4. The molecule has 0 aliphatic heterocycles. The maximum Gasteiger partial charge on any atom is 0.311 e. The van der Waals surface area contributed by atoms with Crippen molar-refractivity contribution in [1.29, 1.82) is 0 Å². The number of methoxy groups -OCH3 is 3. The summed E-state index contributed by atoms with van der Waals surface area (Å²) in [6.07, 6.45) is -1.15. The molecular formula is C25H25NO6. The van der Waals surface area contributed by atoms with E-state index in [0.717, 1.165) is 0 Å². The van der Waals surface area contributed by atoms with Crippen molar-refractivity contribution in [2.75, 3.05) is 26.6 Å². The first-order valence-electron chi connectivity index (χ1n) is 9.94. The van der Waals surface area contributed by atoms with Gasteiger partial charge in [-0.05, 0) is 29.8 Å². The van der Waals surface area contributed by atoms with Crippen LogP contribution in [0.4, 0.5) is 5.69 Å². The Labute approximate surface area is 186 Å². The monoisotopic (exact) mass is 435 g/mol. The van der Waals surface area contributed by atoms with E-state index in [-0.39, 0.29) is 6.42 Å². The first kappa shape index (κ1) is 22.7. The molecule has 0 heterocycles. The van der Waals surface area contributed by atoms with Crippen LogP contribution in [0, 0.1) is 0 Å². The van der Waals surface area contributed by atoms with Crippen LogP contribution < -0.4 is 19.5 Å². The Kier molecular flexibility index (Phi) is 7.70. The van der Waals surface area contributed by atoms with Gasteiger partial charge in [0, 0.05) is 17.3 Å². The van der Waals surface area contributed by atoms with Gasteiger partial charge in [-0.15, -0.1) is 0 Å². The second-order valence-electron chi connectivity index (χ2n) is 6.87. The zero-order valence-corrected chi connectivity index (χ0v) is 18.2. The quantitative estimate of drug-likeness (QED) is 0.508. The molecule has 0 aliphatic rings. The summed E-state index contributed by atoms with van der Waals surface area (Å²) in [7, 11) is 4.61. The molecule has 0 fully saturated rings. The molecule has 3 aromatic rings. The number of nitrogens with one attached hydrogen (secondary N) is 1. The summed E-state index contributed by atoms with van der Waals surface area (Å²) < 4.78 is 21.3. The molecule has 0 spiro atoms. The Morgan fingerprint density at radius 2 is 1.56 bits per heavy atom. The molecule has 0 radical (unpaired) electrons. The number of hydrogen-bond acceptors (Lipinski definition) is 6. The lowest BCUT2D eigenvalue weighted by Crippen LogP contribution is -2.26. The van der Waals surface area contributed by atoms with Gasteiger partial charge in [-0.25, -0.2) is 0 Å². The second kappa shape index (κ2) is 10.9. The van der Waals surface area contributed by atoms with E-state index in [1.54, 1.807) is 73.8 Å². The van der Waals surface area contributed by atoms with Crippen molar-refractivity contribution in [3.8, 4) is 17.2 Å². The van der Waals surface area contributed by atoms with Crippen LogP contribution in [0.2, 0.25) is 0 Å². The van der Waals surface area contributed by atoms with Crippen LogP contribution >= 0.6 is 0 Å². The highest BCUT2D eigenvalue weighted by atomic mass is 16.5. The number of anilines is 1. The Hall–Kier alpha value is -4.00. The molecule has 0 saturated heterocycles. The summed E-state index contributed by atoms with van der Waals surface area (Å²) in [6, 6.07) is 21.0. The molecular weight excluding hydrogens is 410 g/mol. The van der Waals surface area contributed by atoms with E-state index in [1.807, 2.05) is 6.07 Å². The number of benzene rings is 3. The number of esters is 1. The molecule has 0 aliphatic carbocycles. The summed E-state index contributed by atoms with van der Waals surface area (Å²) in [6.45, 7) is 0. The molecule has 0 aromatic heterocycles. The molecule has 1 N–H and O–H groups in total. The van der Waals surface area contributed by atoms with E-state index < -0.39 is 18.0 Å². The van der Waals surface area contributed by atoms with Gasteiger partial charge in [0.2, 0.25) is 6.10 Å². The number of hydrogen-bond donors (Lipinski definition) is 1. The lowest BCUT2D eigenvalue weighted by atomic mass is 10.1. The van der Waals surface area contributed by atoms with E-state index in [4.69, 9.17) is 18.9 Å². The molecule has 1 atom stereocenters. The molecule has 3 aromatic carbocycles. The van der Waals surface area contributed by atoms with Crippen LogP contribution in [-0.2, 0) is 20.7 Å². The molecule has 0 bridgehead atoms. The van der Waals surface area contributed by atoms with Gasteiger partial charge in [-0.3, -0.25) is 9.59 Å². The smallest absolute Gasteiger partial charge is 0.311 e. The molecule has 166 valence electrons. The van der Waals surface area contributed by atoms with Crippen LogP contribution in [0.1, 0.15) is 17.2 Å². The summed E-state index contributed by atoms with van der Waals surface area (Å²) in [5.41, 5.74) is 1.77. The largest absolute Gasteiger partial charge is 0.497 e. The van der Waals surface area contributed by atoms with Crippen LogP contribution in [0.5, 0.6) is 17.2 Å². The third-order valence-electron chi connectivity index (χ3n) is 4.72. The SMILES string of the molecule is COc1cccc(NC(=O)C(OC(=O)Cc2ccc(OC)c(OC)c2)c2ccccc2)c1. The topological polar surface area (TPSA) is 83.1 Å². The second-order valence-corrected chi connectivity index (χ2v) is 6.87. The molecule has 1 unspecified atom stereocenters. The maximum atomic E-state index is 13.0. The Bertz CT molecular complexity index is 1070. The van der Waals surface area contributed by atoms with E-state index >= 15 is 0 Å². The highest BCUT2D eigenvalue weighted by Gasteiger charge is 2.25. The fourth-order valence-corrected chi connectivity index (χ4v) is 3.14. The van der Waals surface area contributed by atoms with Crippen molar-refractivity contribution >= 4 is 17.6 Å². The summed E-state index contributed by atoms with van der Waals surface area (Å²) in [5.74, 6) is 0.652. The predicted molar refractivity (Wildman–Crippen MR) is 120 cm³/mol. The maximum absolute atomic E-state index is 13.0. The summed E-state index contributed by atoms with van der Waals surface area (Å²) >= 11 is 0. The minimum absolute atomic E-state index is 0.0316. The normalized spacial score (nSPS) is 11.2. The summed E-state index contributed by atoms with van der Waals surface area (Å²) in [5, 5.41) is 2.79. The first-order chi connectivity index (χ1) is 15.5. The lowest BCUT2D eigenvalue weighted by Gasteiger charge is -2.18. The van der Waals surface area contributed by atoms with Gasteiger partial charge in [0.1, 0.15) is 5.75 Å². The predicted octanol–water partition coefficient (Wildman–Crippen LogP) is 4.18. The van der Waals surface area contributed by atoms with Crippen molar-refractivity contribution in [3.63, 3.8) is 0 Å². The van der Waals surface area contributed by atoms with Crippen molar-refractivity contribution < 1.29 is 28.5 Å². The van der Waals surface area contributed by atoms with Crippen molar-refractivity contribution in [3.05, 3.63) is 83.9 Å². The van der Waals surface area contributed by atoms with E-state index in [2.05, 4.69) is 5.32 Å². The Balaban J connectivity index is 1.77. The Morgan fingerprint density at radius 1 is 0.812 bits per heavy atom. The lowest BCUT2D eigenvalue weighted by molar-refractivity contribution is -0.154. The minimum atomic E-state index is -1.12. The number of amides is 1. The van der Waals surface area contributed by atoms with Gasteiger partial charge < -0.3 is 24.3 Å². The van der Waals surface area contributed by atoms with Gasteiger partial charge in [0.15, 0.2) is 11.5 Å². The molecule has 3 rings (SSSR count). The Morgan fingerprint density at radius 3 is 2.25 bits per heavy atom. The first-order valence-corrected chi connectivity index (χ1v) is 9.94. The fraction of sp³-hybridized carbons (Fsp3) is 0.200. The minimum Gasteiger partial charge on any atom is -0.497 e. The van der Waals surface area contributed by atoms with Crippen LogP contribution in [0.3, 0.4) is 0 Å². The fourth-order valence-electron chi connectivity index (χ4n) is 3.14. The molecule has 0 saturated carbocycles. The van der Waals surface area contributed by atoms with Gasteiger partial charge in [0.05, 0.1) is 27.8 Å². The number of carbonyl (C=O) groups is 2. The van der Waals surface area contributed by atoms with Crippen molar-refractivity contribution in [2.24, 2.45) is 0 Å². The van der Waals surface area contributed by atoms with Gasteiger partial charge >= 0.3 is 5.97 Å². The zero-order chi connectivity index (χ0) is 22.9. The summed E-state index contributed by atoms with van der Waals surface area (Å²) in [4.78, 5) is 25.7. The van der Waals surface area contributed by atoms with E-state index in [9.17, 15) is 9.59 Å². The van der Waals surface area contributed by atoms with Crippen molar-refractivity contribution in [1.82, 2.24) is 0 Å². The van der Waals surface area contributed by atoms with Crippen molar-refractivity contribution in [2.45, 2.75) is 12.5 Å². The molecule has 32 heavy (non-hydrogen) atoms. The average Bonchev–Trinajstić information content (AvgIpc) is 2.83. The van der Waals surface area contributed by atoms with Gasteiger partial charge in [-0.1, -0.05) is 42.5 Å². The van der Waals surface area contributed by atoms with Crippen LogP contribution in [0.25, 0.3) is 0 Å². The van der Waals surface area contributed by atoms with Crippen LogP contribution in [0.15, 0.2) is 72.8 Å². The standard InChI is InChI=1S/C25H25NO6/c1-29-20-11-7-10-19(16-20)26-25(28)24(18-8-5-4-6-9-18)32-23(27)15-17-12-13-21(30-2)22(14-17)31-3/h4-14,16,24H,15H2,1-3H3,(H,26,28). The van der Waals surface area contributed by atoms with E-state index in [0.29, 0.717) is 34.1 Å². The highest BCUT2D eigenvalue weighted by molar-refractivity contribution is 5.96. The molecule has 7 nitrogen and oxygen atoms in total. The van der Waals surface area contributed by atoms with Gasteiger partial charge in [-0.2, -0.15) is 0 Å². The van der Waals surface area contributed by atoms with Gasteiger partial charge in [0.25, 0.3) is 5.91 Å². The average molecular weight is 435 g/mol. The highest BCUT2D eigenvalue weighted by Crippen LogP contribution is 2.28. The van der Waals surface area contributed by atoms with Crippen LogP contribution in [-0.4, -0.2) is 33.2 Å². The van der Waals surface area contributed by atoms with E-state index in [1.165, 1.54) is 14.2 Å². The number of carbonyl (C=O) groups excluding carboxylic acids is 2.